The van der Waals surface area contributed by atoms with Crippen LogP contribution >= 0.6 is 0 Å². The zero-order valence-corrected chi connectivity index (χ0v) is 12.3. The minimum Gasteiger partial charge on any atom is -0.493 e. The molecule has 0 spiro atoms. The standard InChI is InChI=1S/C16H23NO3/c1-4-13(17)7-12-8-15-16(20-10-19-15)9-14(12)18-6-5-11(2)3/h8-9,13H,2,4-7,10,17H2,1,3H3. The number of nitrogens with two attached hydrogens (primary N) is 1. The molecule has 1 aromatic rings. The number of hydrogen-bond donors (Lipinski definition) is 1. The Labute approximate surface area is 120 Å². The highest BCUT2D eigenvalue weighted by molar-refractivity contribution is 5.52. The summed E-state index contributed by atoms with van der Waals surface area (Å²) in [5.41, 5.74) is 8.24. The number of hydrogen-bond acceptors (Lipinski definition) is 4. The molecule has 2 rings (SSSR count). The van der Waals surface area contributed by atoms with Gasteiger partial charge in [-0.25, -0.2) is 0 Å². The van der Waals surface area contributed by atoms with Gasteiger partial charge in [-0.1, -0.05) is 12.5 Å². The molecule has 4 nitrogen and oxygen atoms in total. The maximum Gasteiger partial charge on any atom is 0.231 e. The first-order chi connectivity index (χ1) is 9.60. The van der Waals surface area contributed by atoms with Crippen molar-refractivity contribution in [3.63, 3.8) is 0 Å². The molecule has 0 aromatic heterocycles. The summed E-state index contributed by atoms with van der Waals surface area (Å²) < 4.78 is 16.7. The van der Waals surface area contributed by atoms with E-state index in [1.807, 2.05) is 19.1 Å². The van der Waals surface area contributed by atoms with Crippen molar-refractivity contribution in [2.75, 3.05) is 13.4 Å². The monoisotopic (exact) mass is 277 g/mol. The van der Waals surface area contributed by atoms with Crippen LogP contribution in [0.25, 0.3) is 0 Å². The molecular weight excluding hydrogens is 254 g/mol. The summed E-state index contributed by atoms with van der Waals surface area (Å²) in [6.07, 6.45) is 2.54. The fourth-order valence-electron chi connectivity index (χ4n) is 2.02. The second-order valence-electron chi connectivity index (χ2n) is 5.24. The Hall–Kier alpha value is -1.68. The van der Waals surface area contributed by atoms with Gasteiger partial charge in [-0.05, 0) is 31.4 Å². The van der Waals surface area contributed by atoms with Crippen molar-refractivity contribution in [2.24, 2.45) is 5.73 Å². The van der Waals surface area contributed by atoms with Gasteiger partial charge in [0.25, 0.3) is 0 Å². The minimum atomic E-state index is 0.124. The van der Waals surface area contributed by atoms with Crippen LogP contribution in [0, 0.1) is 0 Å². The van der Waals surface area contributed by atoms with E-state index >= 15 is 0 Å². The number of fused-ring (bicyclic) bond motifs is 1. The van der Waals surface area contributed by atoms with Crippen LogP contribution in [0.5, 0.6) is 17.2 Å². The van der Waals surface area contributed by atoms with E-state index in [0.717, 1.165) is 47.6 Å². The van der Waals surface area contributed by atoms with Crippen LogP contribution in [0.15, 0.2) is 24.3 Å². The lowest BCUT2D eigenvalue weighted by atomic mass is 10.0. The molecule has 1 aliphatic heterocycles. The molecule has 0 radical (unpaired) electrons. The van der Waals surface area contributed by atoms with Gasteiger partial charge in [-0.15, -0.1) is 6.58 Å². The van der Waals surface area contributed by atoms with Crippen molar-refractivity contribution in [3.05, 3.63) is 29.8 Å². The highest BCUT2D eigenvalue weighted by Gasteiger charge is 2.19. The molecule has 0 saturated heterocycles. The summed E-state index contributed by atoms with van der Waals surface area (Å²) >= 11 is 0. The predicted molar refractivity (Wildman–Crippen MR) is 79.5 cm³/mol. The van der Waals surface area contributed by atoms with Gasteiger partial charge in [0.1, 0.15) is 5.75 Å². The molecular formula is C16H23NO3. The van der Waals surface area contributed by atoms with E-state index in [0.29, 0.717) is 6.61 Å². The van der Waals surface area contributed by atoms with Crippen LogP contribution in [0.2, 0.25) is 0 Å². The van der Waals surface area contributed by atoms with Gasteiger partial charge >= 0.3 is 0 Å². The van der Waals surface area contributed by atoms with E-state index in [2.05, 4.69) is 13.5 Å². The summed E-state index contributed by atoms with van der Waals surface area (Å²) in [6, 6.07) is 4.01. The Kier molecular flexibility index (Phi) is 4.90. The van der Waals surface area contributed by atoms with E-state index in [1.165, 1.54) is 0 Å². The summed E-state index contributed by atoms with van der Waals surface area (Å²) in [4.78, 5) is 0. The van der Waals surface area contributed by atoms with Gasteiger partial charge in [0.15, 0.2) is 11.5 Å². The van der Waals surface area contributed by atoms with Crippen LogP contribution < -0.4 is 19.9 Å². The molecule has 1 heterocycles. The summed E-state index contributed by atoms with van der Waals surface area (Å²) in [6.45, 7) is 8.85. The first-order valence-electron chi connectivity index (χ1n) is 7.05. The molecule has 20 heavy (non-hydrogen) atoms. The van der Waals surface area contributed by atoms with E-state index in [9.17, 15) is 0 Å². The highest BCUT2D eigenvalue weighted by atomic mass is 16.7. The predicted octanol–water partition coefficient (Wildman–Crippen LogP) is 3.04. The molecule has 0 bridgehead atoms. The number of rotatable bonds is 7. The van der Waals surface area contributed by atoms with Gasteiger partial charge < -0.3 is 19.9 Å². The Morgan fingerprint density at radius 1 is 1.40 bits per heavy atom. The normalized spacial score (nSPS) is 14.2. The largest absolute Gasteiger partial charge is 0.493 e. The third-order valence-corrected chi connectivity index (χ3v) is 3.35. The lowest BCUT2D eigenvalue weighted by Crippen LogP contribution is -2.21. The topological polar surface area (TPSA) is 53.7 Å². The SMILES string of the molecule is C=C(C)CCOc1cc2c(cc1CC(N)CC)OCO2. The molecule has 1 aliphatic rings. The first kappa shape index (κ1) is 14.7. The quantitative estimate of drug-likeness (QED) is 0.778. The Morgan fingerprint density at radius 3 is 2.75 bits per heavy atom. The lowest BCUT2D eigenvalue weighted by molar-refractivity contribution is 0.173. The zero-order valence-electron chi connectivity index (χ0n) is 12.3. The number of benzene rings is 1. The van der Waals surface area contributed by atoms with Crippen molar-refractivity contribution >= 4 is 0 Å². The Bertz CT molecular complexity index is 485. The molecule has 0 aliphatic carbocycles. The molecule has 2 N–H and O–H groups in total. The smallest absolute Gasteiger partial charge is 0.231 e. The molecule has 0 saturated carbocycles. The van der Waals surface area contributed by atoms with Crippen LogP contribution in [-0.2, 0) is 6.42 Å². The Morgan fingerprint density at radius 2 is 2.10 bits per heavy atom. The van der Waals surface area contributed by atoms with Crippen molar-refractivity contribution in [1.29, 1.82) is 0 Å². The van der Waals surface area contributed by atoms with Crippen molar-refractivity contribution in [3.8, 4) is 17.2 Å². The lowest BCUT2D eigenvalue weighted by Gasteiger charge is -2.15. The van der Waals surface area contributed by atoms with Gasteiger partial charge in [0.05, 0.1) is 6.61 Å². The zero-order chi connectivity index (χ0) is 14.5. The van der Waals surface area contributed by atoms with Crippen LogP contribution in [0.3, 0.4) is 0 Å². The van der Waals surface area contributed by atoms with E-state index in [1.54, 1.807) is 0 Å². The maximum absolute atomic E-state index is 6.05. The molecule has 0 fully saturated rings. The Balaban J connectivity index is 2.15. The van der Waals surface area contributed by atoms with Crippen LogP contribution in [0.1, 0.15) is 32.3 Å². The summed E-state index contributed by atoms with van der Waals surface area (Å²) in [5.74, 6) is 2.35. The third kappa shape index (κ3) is 3.67. The van der Waals surface area contributed by atoms with Gasteiger partial charge in [0.2, 0.25) is 6.79 Å². The molecule has 1 unspecified atom stereocenters. The van der Waals surface area contributed by atoms with E-state index < -0.39 is 0 Å². The summed E-state index contributed by atoms with van der Waals surface area (Å²) in [7, 11) is 0. The van der Waals surface area contributed by atoms with E-state index in [4.69, 9.17) is 19.9 Å². The molecule has 1 aromatic carbocycles. The minimum absolute atomic E-state index is 0.124. The highest BCUT2D eigenvalue weighted by Crippen LogP contribution is 2.38. The van der Waals surface area contributed by atoms with Crippen LogP contribution in [0.4, 0.5) is 0 Å². The average molecular weight is 277 g/mol. The molecule has 4 heteroatoms. The van der Waals surface area contributed by atoms with Crippen LogP contribution in [-0.4, -0.2) is 19.4 Å². The molecule has 110 valence electrons. The first-order valence-corrected chi connectivity index (χ1v) is 7.05. The van der Waals surface area contributed by atoms with Crippen molar-refractivity contribution in [2.45, 2.75) is 39.2 Å². The second kappa shape index (κ2) is 6.66. The third-order valence-electron chi connectivity index (χ3n) is 3.35. The number of ether oxygens (including phenoxy) is 3. The van der Waals surface area contributed by atoms with Crippen molar-refractivity contribution in [1.82, 2.24) is 0 Å². The fourth-order valence-corrected chi connectivity index (χ4v) is 2.02. The van der Waals surface area contributed by atoms with Gasteiger partial charge in [0, 0.05) is 18.5 Å². The van der Waals surface area contributed by atoms with Crippen molar-refractivity contribution < 1.29 is 14.2 Å². The fraction of sp³-hybridized carbons (Fsp3) is 0.500. The average Bonchev–Trinajstić information content (AvgIpc) is 2.85. The van der Waals surface area contributed by atoms with Gasteiger partial charge in [-0.2, -0.15) is 0 Å². The van der Waals surface area contributed by atoms with Gasteiger partial charge in [-0.3, -0.25) is 0 Å². The maximum atomic E-state index is 6.05. The van der Waals surface area contributed by atoms with E-state index in [-0.39, 0.29) is 12.8 Å². The summed E-state index contributed by atoms with van der Waals surface area (Å²) in [5, 5.41) is 0. The molecule has 1 atom stereocenters. The second-order valence-corrected chi connectivity index (χ2v) is 5.24. The molecule has 0 amide bonds.